The molecule has 1 aliphatic heterocycles. The van der Waals surface area contributed by atoms with Crippen LogP contribution in [-0.4, -0.2) is 35.1 Å². The van der Waals surface area contributed by atoms with Gasteiger partial charge in [0.1, 0.15) is 12.0 Å². The Kier molecular flexibility index (Phi) is 5.08. The summed E-state index contributed by atoms with van der Waals surface area (Å²) in [7, 11) is 0. The van der Waals surface area contributed by atoms with Gasteiger partial charge in [-0.25, -0.2) is 14.8 Å². The van der Waals surface area contributed by atoms with Crippen LogP contribution in [-0.2, 0) is 4.74 Å². The summed E-state index contributed by atoms with van der Waals surface area (Å²) in [6.45, 7) is 10.2. The summed E-state index contributed by atoms with van der Waals surface area (Å²) in [5, 5.41) is 3.26. The number of nitrogens with zero attached hydrogens (tertiary/aromatic N) is 3. The van der Waals surface area contributed by atoms with E-state index in [0.717, 1.165) is 24.5 Å². The van der Waals surface area contributed by atoms with Crippen LogP contribution in [0.5, 0.6) is 0 Å². The molecular weight excluding hydrogens is 378 g/mol. The van der Waals surface area contributed by atoms with Crippen LogP contribution in [0.1, 0.15) is 57.3 Å². The normalized spacial score (nSPS) is 24.5. The van der Waals surface area contributed by atoms with Gasteiger partial charge < -0.3 is 20.7 Å². The number of ether oxygens (including phenoxy) is 1. The number of benzene rings is 1. The summed E-state index contributed by atoms with van der Waals surface area (Å²) in [6, 6.07) is 7.54. The lowest BCUT2D eigenvalue weighted by atomic mass is 9.65. The average Bonchev–Trinajstić information content (AvgIpc) is 2.93. The molecule has 2 fully saturated rings. The molecule has 0 spiro atoms. The van der Waals surface area contributed by atoms with Crippen molar-refractivity contribution >= 4 is 29.0 Å². The van der Waals surface area contributed by atoms with Gasteiger partial charge in [-0.05, 0) is 61.3 Å². The molecule has 2 bridgehead atoms. The van der Waals surface area contributed by atoms with Crippen LogP contribution in [0.2, 0.25) is 0 Å². The number of fused-ring (bicyclic) bond motifs is 2. The highest BCUT2D eigenvalue weighted by Gasteiger charge is 2.50. The topological polar surface area (TPSA) is 93.4 Å². The Hall–Kier alpha value is -2.83. The van der Waals surface area contributed by atoms with Crippen molar-refractivity contribution in [2.45, 2.75) is 53.0 Å². The van der Waals surface area contributed by atoms with E-state index in [1.54, 1.807) is 25.4 Å². The van der Waals surface area contributed by atoms with Crippen molar-refractivity contribution < 1.29 is 9.53 Å². The molecule has 4 rings (SSSR count). The number of carbonyl (C=O) groups is 1. The van der Waals surface area contributed by atoms with Gasteiger partial charge in [0.2, 0.25) is 0 Å². The number of nitrogens with two attached hydrogens (primary N) is 1. The summed E-state index contributed by atoms with van der Waals surface area (Å²) in [4.78, 5) is 23.1. The molecule has 1 aromatic carbocycles. The Balaban J connectivity index is 1.55. The molecule has 1 aromatic heterocycles. The summed E-state index contributed by atoms with van der Waals surface area (Å²) >= 11 is 0. The number of nitrogens with one attached hydrogen (secondary N) is 1. The highest BCUT2D eigenvalue weighted by atomic mass is 16.5. The fraction of sp³-hybridized carbons (Fsp3) is 0.522. The molecule has 0 amide bonds. The van der Waals surface area contributed by atoms with Crippen molar-refractivity contribution in [1.82, 2.24) is 9.97 Å². The number of hydrogen-bond donors (Lipinski definition) is 2. The van der Waals surface area contributed by atoms with E-state index in [9.17, 15) is 4.79 Å². The number of anilines is 4. The second kappa shape index (κ2) is 7.45. The molecule has 30 heavy (non-hydrogen) atoms. The molecule has 3 N–H and O–H groups in total. The fourth-order valence-corrected chi connectivity index (χ4v) is 5.46. The van der Waals surface area contributed by atoms with Crippen LogP contribution in [0.4, 0.5) is 23.0 Å². The number of rotatable bonds is 5. The van der Waals surface area contributed by atoms with Gasteiger partial charge in [-0.3, -0.25) is 0 Å². The van der Waals surface area contributed by atoms with Crippen LogP contribution < -0.4 is 16.0 Å². The van der Waals surface area contributed by atoms with E-state index in [-0.39, 0.29) is 5.97 Å². The zero-order valence-corrected chi connectivity index (χ0v) is 18.2. The molecule has 1 saturated heterocycles. The first-order valence-electron chi connectivity index (χ1n) is 10.6. The molecule has 1 aliphatic carbocycles. The Morgan fingerprint density at radius 2 is 1.97 bits per heavy atom. The van der Waals surface area contributed by atoms with Crippen molar-refractivity contribution in [1.29, 1.82) is 0 Å². The summed E-state index contributed by atoms with van der Waals surface area (Å²) in [5.74, 6) is 1.06. The number of carbonyl (C=O) groups excluding carboxylic acids is 1. The third kappa shape index (κ3) is 3.93. The predicted molar refractivity (Wildman–Crippen MR) is 119 cm³/mol. The van der Waals surface area contributed by atoms with Crippen molar-refractivity contribution in [2.24, 2.45) is 10.8 Å². The molecule has 2 aliphatic rings. The van der Waals surface area contributed by atoms with Gasteiger partial charge in [-0.1, -0.05) is 20.8 Å². The summed E-state index contributed by atoms with van der Waals surface area (Å²) in [6.07, 6.45) is 5.11. The van der Waals surface area contributed by atoms with Crippen molar-refractivity contribution in [3.05, 3.63) is 36.2 Å². The highest BCUT2D eigenvalue weighted by Crippen LogP contribution is 2.54. The molecule has 7 heteroatoms. The molecule has 160 valence electrons. The molecular formula is C23H31N5O2. The van der Waals surface area contributed by atoms with E-state index in [1.165, 1.54) is 12.8 Å². The van der Waals surface area contributed by atoms with Crippen LogP contribution >= 0.6 is 0 Å². The van der Waals surface area contributed by atoms with Gasteiger partial charge in [0.05, 0.1) is 12.2 Å². The van der Waals surface area contributed by atoms with E-state index in [1.807, 2.05) is 12.1 Å². The van der Waals surface area contributed by atoms with Gasteiger partial charge in [0.15, 0.2) is 11.6 Å². The van der Waals surface area contributed by atoms with Gasteiger partial charge in [-0.15, -0.1) is 0 Å². The molecule has 7 nitrogen and oxygen atoms in total. The second-order valence-corrected chi connectivity index (χ2v) is 9.72. The zero-order chi connectivity index (χ0) is 21.5. The van der Waals surface area contributed by atoms with Crippen LogP contribution in [0.3, 0.4) is 0 Å². The third-order valence-corrected chi connectivity index (χ3v) is 6.21. The predicted octanol–water partition coefficient (Wildman–Crippen LogP) is 4.38. The summed E-state index contributed by atoms with van der Waals surface area (Å²) in [5.41, 5.74) is 9.01. The van der Waals surface area contributed by atoms with Gasteiger partial charge in [0.25, 0.3) is 0 Å². The fourth-order valence-electron chi connectivity index (χ4n) is 5.46. The van der Waals surface area contributed by atoms with Crippen molar-refractivity contribution in [3.63, 3.8) is 0 Å². The van der Waals surface area contributed by atoms with E-state index >= 15 is 0 Å². The van der Waals surface area contributed by atoms with E-state index in [0.29, 0.717) is 40.5 Å². The third-order valence-electron chi connectivity index (χ3n) is 6.21. The summed E-state index contributed by atoms with van der Waals surface area (Å²) < 4.78 is 5.03. The number of nitrogen functional groups attached to an aromatic ring is 1. The second-order valence-electron chi connectivity index (χ2n) is 9.72. The molecule has 1 saturated carbocycles. The van der Waals surface area contributed by atoms with Crippen LogP contribution in [0.15, 0.2) is 30.6 Å². The van der Waals surface area contributed by atoms with E-state index < -0.39 is 0 Å². The molecule has 0 radical (unpaired) electrons. The first-order valence-corrected chi connectivity index (χ1v) is 10.6. The molecule has 2 unspecified atom stereocenters. The minimum Gasteiger partial charge on any atom is -0.462 e. The van der Waals surface area contributed by atoms with E-state index in [2.05, 4.69) is 41.0 Å². The average molecular weight is 410 g/mol. The van der Waals surface area contributed by atoms with Crippen LogP contribution in [0, 0.1) is 10.8 Å². The Bertz CT molecular complexity index is 943. The van der Waals surface area contributed by atoms with Crippen molar-refractivity contribution in [3.8, 4) is 0 Å². The minimum atomic E-state index is -0.329. The largest absolute Gasteiger partial charge is 0.462 e. The lowest BCUT2D eigenvalue weighted by Gasteiger charge is -2.39. The maximum Gasteiger partial charge on any atom is 0.338 e. The quantitative estimate of drug-likeness (QED) is 0.708. The van der Waals surface area contributed by atoms with Crippen molar-refractivity contribution in [2.75, 3.05) is 29.1 Å². The maximum atomic E-state index is 11.8. The minimum absolute atomic E-state index is 0.292. The van der Waals surface area contributed by atoms with Crippen LogP contribution in [0.25, 0.3) is 0 Å². The monoisotopic (exact) mass is 409 g/mol. The lowest BCUT2D eigenvalue weighted by molar-refractivity contribution is 0.0526. The smallest absolute Gasteiger partial charge is 0.338 e. The lowest BCUT2D eigenvalue weighted by Crippen LogP contribution is -2.35. The standard InChI is InChI=1S/C23H31N5O2/c1-5-30-21(29)15-6-8-16(9-7-15)27-19-18(24)20(26-14-25-19)28-13-23(4)11-17(28)10-22(2,3)12-23/h6-9,14,17H,5,10-13,24H2,1-4H3,(H,25,26,27). The Morgan fingerprint density at radius 3 is 2.67 bits per heavy atom. The van der Waals surface area contributed by atoms with E-state index in [4.69, 9.17) is 10.5 Å². The Morgan fingerprint density at radius 1 is 1.23 bits per heavy atom. The maximum absolute atomic E-state index is 11.8. The molecule has 2 aromatic rings. The number of esters is 1. The SMILES string of the molecule is CCOC(=O)c1ccc(Nc2ncnc(N3CC4(C)CC3CC(C)(C)C4)c2N)cc1. The highest BCUT2D eigenvalue weighted by molar-refractivity contribution is 5.90. The molecule has 2 heterocycles. The Labute approximate surface area is 178 Å². The number of hydrogen-bond acceptors (Lipinski definition) is 7. The first kappa shape index (κ1) is 20.4. The van der Waals surface area contributed by atoms with Gasteiger partial charge >= 0.3 is 5.97 Å². The van der Waals surface area contributed by atoms with Gasteiger partial charge in [-0.2, -0.15) is 0 Å². The zero-order valence-electron chi connectivity index (χ0n) is 18.2. The first-order chi connectivity index (χ1) is 14.2. The van der Waals surface area contributed by atoms with Gasteiger partial charge in [0, 0.05) is 18.3 Å². The molecule has 2 atom stereocenters. The number of aromatic nitrogens is 2.